The number of ketones is 1. The molecule has 0 saturated carbocycles. The largest absolute Gasteiger partial charge is 0.394 e. The van der Waals surface area contributed by atoms with Gasteiger partial charge in [-0.3, -0.25) is 9.59 Å². The number of esters is 2. The van der Waals surface area contributed by atoms with Crippen LogP contribution in [0, 0.1) is 5.92 Å². The molecule has 12 heteroatoms. The van der Waals surface area contributed by atoms with Crippen LogP contribution in [-0.4, -0.2) is 97.8 Å². The van der Waals surface area contributed by atoms with Gasteiger partial charge in [-0.1, -0.05) is 0 Å². The van der Waals surface area contributed by atoms with Crippen LogP contribution in [0.15, 0.2) is 0 Å². The Morgan fingerprint density at radius 3 is 2.28 bits per heavy atom. The zero-order valence-corrected chi connectivity index (χ0v) is 13.2. The second kappa shape index (κ2) is 8.25. The molecule has 8 N–H and O–H groups in total. The molecular formula is C13H21NO11. The van der Waals surface area contributed by atoms with Crippen molar-refractivity contribution in [2.45, 2.75) is 43.2 Å². The fourth-order valence-corrected chi connectivity index (χ4v) is 2.52. The maximum Gasteiger partial charge on any atom is 0.375 e. The molecule has 2 unspecified atom stereocenters. The minimum atomic E-state index is -3.28. The van der Waals surface area contributed by atoms with Crippen molar-refractivity contribution in [1.29, 1.82) is 0 Å². The molecule has 0 aromatic carbocycles. The van der Waals surface area contributed by atoms with Crippen LogP contribution in [0.25, 0.3) is 0 Å². The number of Topliss-reactive ketones (excluding diaryl/α,β-unsaturated/α-hetero) is 1. The zero-order chi connectivity index (χ0) is 19.5. The first-order valence-electron chi connectivity index (χ1n) is 7.18. The van der Waals surface area contributed by atoms with Crippen molar-refractivity contribution >= 4 is 17.7 Å². The lowest BCUT2D eigenvalue weighted by Gasteiger charge is -2.47. The van der Waals surface area contributed by atoms with Gasteiger partial charge >= 0.3 is 11.9 Å². The summed E-state index contributed by atoms with van der Waals surface area (Å²) in [5.74, 6) is -9.61. The Labute approximate surface area is 141 Å². The van der Waals surface area contributed by atoms with E-state index in [1.165, 1.54) is 0 Å². The molecule has 1 aliphatic heterocycles. The van der Waals surface area contributed by atoms with Crippen molar-refractivity contribution in [2.75, 3.05) is 13.2 Å². The molecule has 144 valence electrons. The van der Waals surface area contributed by atoms with Gasteiger partial charge < -0.3 is 45.8 Å². The summed E-state index contributed by atoms with van der Waals surface area (Å²) in [6.07, 6.45) is -7.65. The number of rotatable bonds is 6. The highest BCUT2D eigenvalue weighted by atomic mass is 16.7. The third-order valence-corrected chi connectivity index (χ3v) is 3.80. The minimum Gasteiger partial charge on any atom is -0.394 e. The fourth-order valence-electron chi connectivity index (χ4n) is 2.52. The molecule has 12 nitrogen and oxygen atoms in total. The van der Waals surface area contributed by atoms with Gasteiger partial charge in [0.05, 0.1) is 18.8 Å². The summed E-state index contributed by atoms with van der Waals surface area (Å²) in [6, 6.07) is -1.61. The van der Waals surface area contributed by atoms with Crippen LogP contribution in [0.1, 0.15) is 6.92 Å². The molecule has 0 aromatic heterocycles. The summed E-state index contributed by atoms with van der Waals surface area (Å²) in [6.45, 7) is -1.34. The number of aliphatic hydroxyl groups excluding tert-OH is 5. The molecule has 1 saturated heterocycles. The third-order valence-electron chi connectivity index (χ3n) is 3.80. The van der Waals surface area contributed by atoms with Crippen molar-refractivity contribution < 1.29 is 54.5 Å². The maximum absolute atomic E-state index is 12.0. The topological polar surface area (TPSA) is 217 Å². The molecule has 0 spiro atoms. The van der Waals surface area contributed by atoms with E-state index in [1.54, 1.807) is 0 Å². The van der Waals surface area contributed by atoms with Gasteiger partial charge in [0.25, 0.3) is 5.79 Å². The van der Waals surface area contributed by atoms with E-state index in [9.17, 15) is 34.8 Å². The van der Waals surface area contributed by atoms with Crippen LogP contribution in [0.2, 0.25) is 0 Å². The smallest absolute Gasteiger partial charge is 0.375 e. The zero-order valence-electron chi connectivity index (χ0n) is 13.2. The number of hydrogen-bond donors (Lipinski definition) is 7. The van der Waals surface area contributed by atoms with Crippen LogP contribution in [-0.2, 0) is 23.9 Å². The molecule has 0 aliphatic carbocycles. The Hall–Kier alpha value is -1.51. The number of carbonyl (C=O) groups is 3. The molecule has 1 rings (SSSR count). The summed E-state index contributed by atoms with van der Waals surface area (Å²) < 4.78 is 9.11. The molecular weight excluding hydrogens is 346 g/mol. The number of aliphatic hydroxyl groups is 6. The molecule has 0 aromatic rings. The van der Waals surface area contributed by atoms with E-state index >= 15 is 0 Å². The van der Waals surface area contributed by atoms with Gasteiger partial charge in [0, 0.05) is 6.92 Å². The Kier molecular flexibility index (Phi) is 7.10. The maximum atomic E-state index is 12.0. The van der Waals surface area contributed by atoms with Crippen molar-refractivity contribution in [3.8, 4) is 0 Å². The van der Waals surface area contributed by atoms with Crippen molar-refractivity contribution in [3.63, 3.8) is 0 Å². The first-order chi connectivity index (χ1) is 11.5. The Bertz CT molecular complexity index is 526. The first-order valence-corrected chi connectivity index (χ1v) is 7.18. The Balaban J connectivity index is 3.32. The van der Waals surface area contributed by atoms with Gasteiger partial charge in [0.1, 0.15) is 30.8 Å². The van der Waals surface area contributed by atoms with Crippen molar-refractivity contribution in [2.24, 2.45) is 11.7 Å². The molecule has 25 heavy (non-hydrogen) atoms. The number of carbonyl (C=O) groups excluding carboxylic acids is 3. The predicted octanol–water partition coefficient (Wildman–Crippen LogP) is -5.26. The molecule has 0 radical (unpaired) electrons. The summed E-state index contributed by atoms with van der Waals surface area (Å²) in [7, 11) is 0. The molecule has 0 bridgehead atoms. The van der Waals surface area contributed by atoms with E-state index in [1.807, 2.05) is 0 Å². The third kappa shape index (κ3) is 4.19. The first kappa shape index (κ1) is 21.5. The highest BCUT2D eigenvalue weighted by Gasteiger charge is 2.62. The second-order valence-electron chi connectivity index (χ2n) is 5.57. The van der Waals surface area contributed by atoms with Crippen LogP contribution < -0.4 is 5.73 Å². The standard InChI is InChI=1S/C13H21NO11/c1-4(17)24-12(22)13(23)7(5(18)2-15)10(21)8(14)11(25-13)9(20)6(19)3-16/h6-11,15-16,19-21,23H,2-3,14H2,1H3/t6-,7?,8-,9-,10+,11-,13?/m1/s1. The van der Waals surface area contributed by atoms with E-state index in [2.05, 4.69) is 4.74 Å². The monoisotopic (exact) mass is 367 g/mol. The molecule has 0 amide bonds. The second-order valence-corrected chi connectivity index (χ2v) is 5.57. The Morgan fingerprint density at radius 2 is 1.84 bits per heavy atom. The number of ether oxygens (including phenoxy) is 2. The van der Waals surface area contributed by atoms with Gasteiger partial charge in [-0.2, -0.15) is 0 Å². The van der Waals surface area contributed by atoms with E-state index in [0.29, 0.717) is 0 Å². The summed E-state index contributed by atoms with van der Waals surface area (Å²) in [5.41, 5.74) is 5.63. The summed E-state index contributed by atoms with van der Waals surface area (Å²) in [4.78, 5) is 34.8. The summed E-state index contributed by atoms with van der Waals surface area (Å²) >= 11 is 0. The van der Waals surface area contributed by atoms with Gasteiger partial charge in [-0.05, 0) is 0 Å². The van der Waals surface area contributed by atoms with Crippen LogP contribution in [0.3, 0.4) is 0 Å². The van der Waals surface area contributed by atoms with Gasteiger partial charge in [-0.25, -0.2) is 4.79 Å². The fraction of sp³-hybridized carbons (Fsp3) is 0.769. The van der Waals surface area contributed by atoms with Crippen molar-refractivity contribution in [1.82, 2.24) is 0 Å². The van der Waals surface area contributed by atoms with Crippen LogP contribution >= 0.6 is 0 Å². The van der Waals surface area contributed by atoms with Crippen LogP contribution in [0.5, 0.6) is 0 Å². The molecule has 1 heterocycles. The lowest BCUT2D eigenvalue weighted by Crippen LogP contribution is -2.72. The number of hydrogen-bond acceptors (Lipinski definition) is 12. The average molecular weight is 367 g/mol. The molecule has 1 aliphatic rings. The lowest BCUT2D eigenvalue weighted by molar-refractivity contribution is -0.312. The number of nitrogens with two attached hydrogens (primary N) is 1. The minimum absolute atomic E-state index is 0.816. The highest BCUT2D eigenvalue weighted by molar-refractivity contribution is 5.95. The van der Waals surface area contributed by atoms with Gasteiger partial charge in [0.15, 0.2) is 5.78 Å². The van der Waals surface area contributed by atoms with Gasteiger partial charge in [0.2, 0.25) is 0 Å². The summed E-state index contributed by atoms with van der Waals surface area (Å²) in [5, 5.41) is 57.9. The average Bonchev–Trinajstić information content (AvgIpc) is 2.55. The van der Waals surface area contributed by atoms with E-state index in [-0.39, 0.29) is 0 Å². The Morgan fingerprint density at radius 1 is 1.28 bits per heavy atom. The highest BCUT2D eigenvalue weighted by Crippen LogP contribution is 2.36. The lowest BCUT2D eigenvalue weighted by atomic mass is 9.78. The van der Waals surface area contributed by atoms with Gasteiger partial charge in [-0.15, -0.1) is 0 Å². The molecule has 7 atom stereocenters. The SMILES string of the molecule is CC(=O)OC(=O)C1(O)O[C@@H]([C@H](O)[C@H](O)CO)[C@H](N)[C@@H](O)C1C(=O)CO. The van der Waals surface area contributed by atoms with E-state index in [0.717, 1.165) is 6.92 Å². The van der Waals surface area contributed by atoms with E-state index in [4.69, 9.17) is 20.7 Å². The van der Waals surface area contributed by atoms with E-state index < -0.39 is 73.1 Å². The quantitative estimate of drug-likeness (QED) is 0.173. The van der Waals surface area contributed by atoms with Crippen LogP contribution in [0.4, 0.5) is 0 Å². The predicted molar refractivity (Wildman–Crippen MR) is 75.3 cm³/mol. The van der Waals surface area contributed by atoms with Crippen molar-refractivity contribution in [3.05, 3.63) is 0 Å². The normalized spacial score (nSPS) is 34.9. The molecule has 1 fully saturated rings.